The number of hydrogen-bond acceptors (Lipinski definition) is 40. The SMILES string of the molecule is CC[C@H]1OC(=O)[C@H](C)[C@@H](O[C@H]2C[C@@](C)(OC)[C@@H](O)[C@H](C)O2)[C@H](C)[C@@H](O[C@@H]2O[C@H](C)C[C@H](N(C)CCc3cn(CCc4ccc([N+](=O)[O-])cc4)nn3)[C@H]2O)[C@](C)(O)C[C@@H](C)CN(C)[C@H](C)[C@@H](O)[C@]1(C)O.CC[C@H]1OC(=O)[C@H](C)[C@@H](O[C@H]2C[C@@](C)(OC)[C@@H](O)[C@H](C)O2)[C@H](C)[C@@H](O[C@@H]2O[C@H](C)C[C@H](N(C)CCc3cn(CCc4ccc([N+](=O)[O-])cc4)nn3)[C@H]2O)[C@](C)(O)C[C@@H](C)CN(C)[C@H](C)[C@H]2OC(=O)O[C@@]21C.O=C1OCCO1. The minimum atomic E-state index is -1.84. The Kier molecular flexibility index (Phi) is 42.3. The van der Waals surface area contributed by atoms with Crippen LogP contribution in [0.2, 0.25) is 0 Å². The molecular formula is C102H166N12O32. The van der Waals surface area contributed by atoms with E-state index in [0.29, 0.717) is 97.4 Å². The molecule has 8 saturated heterocycles. The highest BCUT2D eigenvalue weighted by Crippen LogP contribution is 2.46. The Balaban J connectivity index is 0.000000282. The number of ether oxygens (including phenoxy) is 16. The number of nitrogens with zero attached hydrogens (tertiary/aromatic N) is 12. The van der Waals surface area contributed by atoms with Crippen LogP contribution in [0.15, 0.2) is 60.9 Å². The number of nitro benzene ring substituents is 2. The van der Waals surface area contributed by atoms with Gasteiger partial charge in [-0.2, -0.15) is 0 Å². The number of methoxy groups -OCH3 is 2. The highest BCUT2D eigenvalue weighted by molar-refractivity contribution is 5.74. The summed E-state index contributed by atoms with van der Waals surface area (Å²) in [6.07, 6.45) is -12.9. The summed E-state index contributed by atoms with van der Waals surface area (Å²) in [5.74, 6) is -5.51. The maximum Gasteiger partial charge on any atom is 0.509 e. The monoisotopic (exact) mass is 2070 g/mol. The molecule has 8 aliphatic heterocycles. The topological polar surface area (TPSA) is 538 Å². The van der Waals surface area contributed by atoms with E-state index in [2.05, 4.69) is 30.1 Å². The van der Waals surface area contributed by atoms with Gasteiger partial charge in [0.05, 0.1) is 104 Å². The zero-order valence-corrected chi connectivity index (χ0v) is 90.0. The quantitative estimate of drug-likeness (QED) is 0.0116. The van der Waals surface area contributed by atoms with Gasteiger partial charge in [-0.15, -0.1) is 10.2 Å². The van der Waals surface area contributed by atoms with Crippen molar-refractivity contribution in [3.63, 3.8) is 0 Å². The molecule has 826 valence electrons. The number of rotatable bonds is 28. The molecule has 44 nitrogen and oxygen atoms in total. The Morgan fingerprint density at radius 3 is 1.25 bits per heavy atom. The van der Waals surface area contributed by atoms with Crippen molar-refractivity contribution in [1.29, 1.82) is 0 Å². The second kappa shape index (κ2) is 51.5. The van der Waals surface area contributed by atoms with E-state index >= 15 is 0 Å². The minimum Gasteiger partial charge on any atom is -0.459 e. The fourth-order valence-corrected chi connectivity index (χ4v) is 22.3. The van der Waals surface area contributed by atoms with E-state index in [-0.39, 0.29) is 67.5 Å². The first kappa shape index (κ1) is 120. The number of aliphatic hydroxyl groups excluding tert-OH is 5. The summed E-state index contributed by atoms with van der Waals surface area (Å²) in [6.45, 7) is 39.3. The third-order valence-corrected chi connectivity index (χ3v) is 31.4. The van der Waals surface area contributed by atoms with E-state index in [9.17, 15) is 80.3 Å². The van der Waals surface area contributed by atoms with Gasteiger partial charge in [-0.1, -0.05) is 76.2 Å². The highest BCUT2D eigenvalue weighted by atomic mass is 16.8. The summed E-state index contributed by atoms with van der Waals surface area (Å²) in [5, 5.41) is 135. The Hall–Kier alpha value is -7.88. The zero-order valence-electron chi connectivity index (χ0n) is 90.0. The maximum absolute atomic E-state index is 14.7. The average molecular weight is 2070 g/mol. The predicted octanol–water partition coefficient (Wildman–Crippen LogP) is 7.85. The van der Waals surface area contributed by atoms with Crippen LogP contribution in [0.5, 0.6) is 0 Å². The van der Waals surface area contributed by atoms with E-state index < -0.39 is 226 Å². The molecule has 4 aromatic rings. The molecule has 12 rings (SSSR count). The van der Waals surface area contributed by atoms with E-state index in [4.69, 9.17) is 66.3 Å². The van der Waals surface area contributed by atoms with Gasteiger partial charge in [0, 0.05) is 152 Å². The molecule has 2 aromatic carbocycles. The number of likely N-dealkylation sites (N-methyl/N-ethyl adjacent to an activating group) is 4. The Bertz CT molecular complexity index is 4810. The van der Waals surface area contributed by atoms with Gasteiger partial charge in [0.1, 0.15) is 61.5 Å². The van der Waals surface area contributed by atoms with Crippen LogP contribution < -0.4 is 0 Å². The summed E-state index contributed by atoms with van der Waals surface area (Å²) >= 11 is 0. The second-order valence-corrected chi connectivity index (χ2v) is 43.5. The first-order valence-electron chi connectivity index (χ1n) is 51.5. The van der Waals surface area contributed by atoms with Gasteiger partial charge in [0.2, 0.25) is 0 Å². The van der Waals surface area contributed by atoms with Crippen LogP contribution in [0.1, 0.15) is 212 Å². The first-order valence-corrected chi connectivity index (χ1v) is 51.5. The number of non-ortho nitro benzene ring substituents is 2. The molecule has 0 aliphatic carbocycles. The van der Waals surface area contributed by atoms with Crippen molar-refractivity contribution in [2.75, 3.05) is 81.8 Å². The molecule has 0 saturated carbocycles. The number of aromatic nitrogens is 6. The number of hydrogen-bond donors (Lipinski definition) is 8. The van der Waals surface area contributed by atoms with E-state index in [0.717, 1.165) is 22.5 Å². The van der Waals surface area contributed by atoms with E-state index in [1.165, 1.54) is 45.4 Å². The number of nitro groups is 2. The van der Waals surface area contributed by atoms with Gasteiger partial charge in [0.25, 0.3) is 11.4 Å². The van der Waals surface area contributed by atoms with Crippen molar-refractivity contribution in [3.05, 3.63) is 104 Å². The molecule has 8 fully saturated rings. The Labute approximate surface area is 857 Å². The summed E-state index contributed by atoms with van der Waals surface area (Å²) in [5.41, 5.74) is -5.14. The van der Waals surface area contributed by atoms with Crippen molar-refractivity contribution < 1.29 is 146 Å². The lowest BCUT2D eigenvalue weighted by atomic mass is 9.77. The van der Waals surface area contributed by atoms with Gasteiger partial charge in [-0.3, -0.25) is 44.1 Å². The summed E-state index contributed by atoms with van der Waals surface area (Å²) in [4.78, 5) is 81.1. The molecule has 36 atom stereocenters. The summed E-state index contributed by atoms with van der Waals surface area (Å²) in [7, 11) is 10.6. The molecule has 8 aliphatic rings. The molecule has 0 spiro atoms. The Morgan fingerprint density at radius 1 is 0.500 bits per heavy atom. The standard InChI is InChI=1S/C50H80N6O15.C49H82N6O14.C3H4O3/c1-14-38-50(10)44(70-47(60)71-50)32(6)54(12)26-28(2)24-48(8,61)43(30(4)41(31(5)45(59)67-38)68-39-25-49(9,64-13)42(58)33(7)66-39)69-46-40(57)37(23-29(3)65-46)53(11)21-20-35-27-55(52-51-35)22-19-34-15-17-36(18-16-34)56(62)63;1-14-38-49(10,61)42(57)32(6)53(12)26-28(2)24-47(8,60)44(30(4)41(31(5)45(59)67-38)68-39-25-48(9,64-13)43(58)33(7)66-39)69-46-40(56)37(23-29(3)65-46)52(11)21-20-35-27-54(51-50-35)22-19-34-15-17-36(18-16-34)55(62)63;4-3-5-1-2-6-3/h15-18,27-33,37-44,46,57-58,61H,14,19-26H2,1-13H3;15-18,27-33,37-44,46,56-58,60-61H,14,19-26H2,1-13H3;1-2H2/t28-,29-,30+,31-,32-,33+,37+,38-,39+,40-,41+,42+,43-,44-,46+,48-,49-,50-;28-,29-,30+,31-,32-,33+,37+,38-,39+,40-,41+,42-,43+,44-,46+,47-,48-,49-;/m11./s1. The van der Waals surface area contributed by atoms with Crippen LogP contribution in [0.3, 0.4) is 0 Å². The number of benzene rings is 2. The van der Waals surface area contributed by atoms with Crippen molar-refractivity contribution in [2.45, 2.75) is 409 Å². The lowest BCUT2D eigenvalue weighted by molar-refractivity contribution is -0.385. The predicted molar refractivity (Wildman–Crippen MR) is 528 cm³/mol. The first-order chi connectivity index (χ1) is 68.4. The van der Waals surface area contributed by atoms with Gasteiger partial charge < -0.3 is 131 Å². The van der Waals surface area contributed by atoms with Crippen molar-refractivity contribution >= 4 is 35.6 Å². The number of carbonyl (C=O) groups is 4. The molecule has 0 amide bonds. The normalized spacial score (nSPS) is 39.3. The third-order valence-electron chi connectivity index (χ3n) is 31.4. The highest BCUT2D eigenvalue weighted by Gasteiger charge is 2.60. The molecular weight excluding hydrogens is 1910 g/mol. The van der Waals surface area contributed by atoms with E-state index in [1.807, 2.05) is 109 Å². The van der Waals surface area contributed by atoms with Crippen LogP contribution in [0.4, 0.5) is 21.0 Å². The largest absolute Gasteiger partial charge is 0.509 e. The van der Waals surface area contributed by atoms with Crippen molar-refractivity contribution in [1.82, 2.24) is 49.6 Å². The zero-order chi connectivity index (χ0) is 108. The van der Waals surface area contributed by atoms with E-state index in [1.54, 1.807) is 117 Å². The lowest BCUT2D eigenvalue weighted by Gasteiger charge is -2.49. The average Bonchev–Trinajstić information content (AvgIpc) is 1.65. The molecule has 0 unspecified atom stereocenters. The number of fused-ring (bicyclic) bond motifs is 1. The number of carbonyl (C=O) groups excluding carboxylic acids is 4. The number of esters is 2. The van der Waals surface area contributed by atoms with Gasteiger partial charge in [-0.25, -0.2) is 9.59 Å². The number of aryl methyl sites for hydroxylation is 4. The molecule has 2 aromatic heterocycles. The lowest BCUT2D eigenvalue weighted by Crippen LogP contribution is -2.61. The smallest absolute Gasteiger partial charge is 0.459 e. The minimum absolute atomic E-state index is 0.0364. The van der Waals surface area contributed by atoms with Crippen molar-refractivity contribution in [3.8, 4) is 0 Å². The van der Waals surface area contributed by atoms with Crippen LogP contribution in [-0.4, -0.2) is 387 Å². The molecule has 0 bridgehead atoms. The van der Waals surface area contributed by atoms with Crippen molar-refractivity contribution in [2.24, 2.45) is 35.5 Å². The molecule has 146 heavy (non-hydrogen) atoms. The molecule has 44 heteroatoms. The van der Waals surface area contributed by atoms with Gasteiger partial charge in [-0.05, 0) is 199 Å². The van der Waals surface area contributed by atoms with Crippen LogP contribution in [0.25, 0.3) is 0 Å². The Morgan fingerprint density at radius 2 is 0.884 bits per heavy atom. The summed E-state index contributed by atoms with van der Waals surface area (Å²) < 4.78 is 101. The van der Waals surface area contributed by atoms with Gasteiger partial charge in [0.15, 0.2) is 36.9 Å². The number of cyclic esters (lactones) is 4. The molecule has 0 radical (unpaired) electrons. The number of aliphatic hydroxyl groups is 8. The summed E-state index contributed by atoms with van der Waals surface area (Å²) in [6, 6.07) is 11.0. The second-order valence-electron chi connectivity index (χ2n) is 43.5. The fraction of sp³-hybridized carbons (Fsp3) is 0.804. The molecule has 10 heterocycles. The third kappa shape index (κ3) is 29.9. The van der Waals surface area contributed by atoms with Crippen LogP contribution in [0, 0.1) is 55.7 Å². The van der Waals surface area contributed by atoms with Crippen LogP contribution >= 0.6 is 0 Å². The van der Waals surface area contributed by atoms with Gasteiger partial charge >= 0.3 is 24.2 Å². The van der Waals surface area contributed by atoms with Crippen LogP contribution in [-0.2, 0) is 124 Å². The molecule has 8 N–H and O–H groups in total. The fourth-order valence-electron chi connectivity index (χ4n) is 22.3. The maximum atomic E-state index is 14.7.